The van der Waals surface area contributed by atoms with Crippen LogP contribution in [0.3, 0.4) is 0 Å². The first-order valence-electron chi connectivity index (χ1n) is 9.12. The molecule has 0 radical (unpaired) electrons. The van der Waals surface area contributed by atoms with Crippen LogP contribution in [0.15, 0.2) is 73.1 Å². The van der Waals surface area contributed by atoms with Crippen molar-refractivity contribution in [2.45, 2.75) is 20.5 Å². The van der Waals surface area contributed by atoms with Crippen LogP contribution in [0.4, 0.5) is 5.69 Å². The van der Waals surface area contributed by atoms with Gasteiger partial charge in [-0.15, -0.1) is 0 Å². The van der Waals surface area contributed by atoms with E-state index < -0.39 is 0 Å². The van der Waals surface area contributed by atoms with Gasteiger partial charge in [-0.2, -0.15) is 0 Å². The molecule has 0 saturated heterocycles. The van der Waals surface area contributed by atoms with Crippen molar-refractivity contribution in [2.75, 3.05) is 5.32 Å². The van der Waals surface area contributed by atoms with Gasteiger partial charge in [0, 0.05) is 23.6 Å². The topological polar surface area (TPSA) is 55.6 Å². The zero-order chi connectivity index (χ0) is 19.5. The Balaban J connectivity index is 1.46. The molecule has 28 heavy (non-hydrogen) atoms. The molecule has 0 spiro atoms. The maximum absolute atomic E-state index is 12.6. The number of anilines is 1. The predicted molar refractivity (Wildman–Crippen MR) is 110 cm³/mol. The Labute approximate surface area is 163 Å². The summed E-state index contributed by atoms with van der Waals surface area (Å²) in [6, 6.07) is 19.0. The van der Waals surface area contributed by atoms with Gasteiger partial charge in [-0.3, -0.25) is 4.79 Å². The van der Waals surface area contributed by atoms with Gasteiger partial charge in [0.2, 0.25) is 0 Å². The van der Waals surface area contributed by atoms with E-state index in [1.165, 1.54) is 0 Å². The molecule has 0 aliphatic rings. The second-order valence-corrected chi connectivity index (χ2v) is 6.79. The van der Waals surface area contributed by atoms with Gasteiger partial charge in [0.05, 0.1) is 5.69 Å². The molecule has 0 unspecified atom stereocenters. The SMILES string of the molecule is Cc1ccc(C)c(NC(=O)c2cccc(OCc3cn4ccccc4n3)c2)c1. The molecule has 4 rings (SSSR count). The third-order valence-corrected chi connectivity index (χ3v) is 4.54. The number of imidazole rings is 1. The fourth-order valence-electron chi connectivity index (χ4n) is 3.01. The number of aromatic nitrogens is 2. The summed E-state index contributed by atoms with van der Waals surface area (Å²) in [6.45, 7) is 4.32. The molecule has 0 fully saturated rings. The number of carbonyl (C=O) groups excluding carboxylic acids is 1. The van der Waals surface area contributed by atoms with Gasteiger partial charge in [0.25, 0.3) is 5.91 Å². The quantitative estimate of drug-likeness (QED) is 0.549. The fourth-order valence-corrected chi connectivity index (χ4v) is 3.01. The van der Waals surface area contributed by atoms with Crippen LogP contribution >= 0.6 is 0 Å². The van der Waals surface area contributed by atoms with Crippen molar-refractivity contribution < 1.29 is 9.53 Å². The minimum Gasteiger partial charge on any atom is -0.487 e. The highest BCUT2D eigenvalue weighted by Crippen LogP contribution is 2.20. The van der Waals surface area contributed by atoms with Crippen LogP contribution in [0.25, 0.3) is 5.65 Å². The number of hydrogen-bond acceptors (Lipinski definition) is 3. The average molecular weight is 371 g/mol. The Morgan fingerprint density at radius 3 is 2.82 bits per heavy atom. The molecule has 0 aliphatic heterocycles. The summed E-state index contributed by atoms with van der Waals surface area (Å²) in [6.07, 6.45) is 3.89. The molecule has 4 aromatic rings. The predicted octanol–water partition coefficient (Wildman–Crippen LogP) is 4.78. The third kappa shape index (κ3) is 3.88. The number of fused-ring (bicyclic) bond motifs is 1. The van der Waals surface area contributed by atoms with E-state index in [4.69, 9.17) is 4.74 Å². The van der Waals surface area contributed by atoms with E-state index in [-0.39, 0.29) is 5.91 Å². The summed E-state index contributed by atoms with van der Waals surface area (Å²) in [5.41, 5.74) is 5.21. The Morgan fingerprint density at radius 2 is 1.96 bits per heavy atom. The number of ether oxygens (including phenoxy) is 1. The molecule has 0 bridgehead atoms. The Bertz CT molecular complexity index is 1110. The molecule has 0 aliphatic carbocycles. The summed E-state index contributed by atoms with van der Waals surface area (Å²) >= 11 is 0. The van der Waals surface area contributed by atoms with Crippen molar-refractivity contribution in [3.05, 3.63) is 95.4 Å². The van der Waals surface area contributed by atoms with Crippen molar-refractivity contribution >= 4 is 17.2 Å². The highest BCUT2D eigenvalue weighted by molar-refractivity contribution is 6.04. The van der Waals surface area contributed by atoms with Gasteiger partial charge in [0.1, 0.15) is 18.0 Å². The van der Waals surface area contributed by atoms with Crippen molar-refractivity contribution in [1.82, 2.24) is 9.38 Å². The maximum atomic E-state index is 12.6. The molecule has 5 nitrogen and oxygen atoms in total. The molecule has 1 N–H and O–H groups in total. The van der Waals surface area contributed by atoms with E-state index in [9.17, 15) is 4.79 Å². The number of pyridine rings is 1. The van der Waals surface area contributed by atoms with Gasteiger partial charge in [0.15, 0.2) is 0 Å². The minimum absolute atomic E-state index is 0.160. The third-order valence-electron chi connectivity index (χ3n) is 4.54. The molecule has 0 saturated carbocycles. The first kappa shape index (κ1) is 17.8. The Hall–Kier alpha value is -3.60. The number of benzene rings is 2. The second kappa shape index (κ2) is 7.56. The summed E-state index contributed by atoms with van der Waals surface area (Å²) < 4.78 is 7.80. The van der Waals surface area contributed by atoms with E-state index in [1.807, 2.05) is 79.2 Å². The lowest BCUT2D eigenvalue weighted by Gasteiger charge is -2.10. The number of hydrogen-bond donors (Lipinski definition) is 1. The van der Waals surface area contributed by atoms with Gasteiger partial charge >= 0.3 is 0 Å². The molecular weight excluding hydrogens is 350 g/mol. The van der Waals surface area contributed by atoms with Crippen LogP contribution in [0.2, 0.25) is 0 Å². The smallest absolute Gasteiger partial charge is 0.255 e. The number of aryl methyl sites for hydroxylation is 2. The number of amides is 1. The van der Waals surface area contributed by atoms with Crippen molar-refractivity contribution in [1.29, 1.82) is 0 Å². The van der Waals surface area contributed by atoms with Gasteiger partial charge in [-0.1, -0.05) is 24.3 Å². The molecule has 1 amide bonds. The van der Waals surface area contributed by atoms with Gasteiger partial charge < -0.3 is 14.5 Å². The molecule has 5 heteroatoms. The highest BCUT2D eigenvalue weighted by atomic mass is 16.5. The van der Waals surface area contributed by atoms with Crippen LogP contribution in [0.1, 0.15) is 27.2 Å². The summed E-state index contributed by atoms with van der Waals surface area (Å²) in [5.74, 6) is 0.470. The van der Waals surface area contributed by atoms with Crippen molar-refractivity contribution in [2.24, 2.45) is 0 Å². The summed E-state index contributed by atoms with van der Waals surface area (Å²) in [4.78, 5) is 17.2. The summed E-state index contributed by atoms with van der Waals surface area (Å²) in [7, 11) is 0. The van der Waals surface area contributed by atoms with E-state index >= 15 is 0 Å². The van der Waals surface area contributed by atoms with Crippen molar-refractivity contribution in [3.63, 3.8) is 0 Å². The molecule has 2 aromatic heterocycles. The monoisotopic (exact) mass is 371 g/mol. The van der Waals surface area contributed by atoms with Crippen LogP contribution in [0.5, 0.6) is 5.75 Å². The summed E-state index contributed by atoms with van der Waals surface area (Å²) in [5, 5.41) is 2.98. The lowest BCUT2D eigenvalue weighted by Crippen LogP contribution is -2.13. The average Bonchev–Trinajstić information content (AvgIpc) is 3.12. The van der Waals surface area contributed by atoms with E-state index in [0.29, 0.717) is 17.9 Å². The van der Waals surface area contributed by atoms with Crippen LogP contribution < -0.4 is 10.1 Å². The minimum atomic E-state index is -0.160. The largest absolute Gasteiger partial charge is 0.487 e. The number of rotatable bonds is 5. The molecule has 140 valence electrons. The molecule has 2 heterocycles. The standard InChI is InChI=1S/C23H21N3O2/c1-16-9-10-17(2)21(12-16)25-23(27)18-6-5-7-20(13-18)28-15-19-14-26-11-4-3-8-22(26)24-19/h3-14H,15H2,1-2H3,(H,25,27). The number of carbonyl (C=O) groups is 1. The second-order valence-electron chi connectivity index (χ2n) is 6.79. The lowest BCUT2D eigenvalue weighted by molar-refractivity contribution is 0.102. The molecule has 2 aromatic carbocycles. The number of nitrogens with one attached hydrogen (secondary N) is 1. The van der Waals surface area contributed by atoms with E-state index in [1.54, 1.807) is 12.1 Å². The first-order chi connectivity index (χ1) is 13.6. The van der Waals surface area contributed by atoms with Gasteiger partial charge in [-0.25, -0.2) is 4.98 Å². The maximum Gasteiger partial charge on any atom is 0.255 e. The Kier molecular flexibility index (Phi) is 4.81. The molecular formula is C23H21N3O2. The van der Waals surface area contributed by atoms with E-state index in [0.717, 1.165) is 28.2 Å². The Morgan fingerprint density at radius 1 is 1.07 bits per heavy atom. The highest BCUT2D eigenvalue weighted by Gasteiger charge is 2.10. The fraction of sp³-hybridized carbons (Fsp3) is 0.130. The zero-order valence-corrected chi connectivity index (χ0v) is 15.8. The van der Waals surface area contributed by atoms with Crippen molar-refractivity contribution in [3.8, 4) is 5.75 Å². The van der Waals surface area contributed by atoms with Crippen LogP contribution in [-0.4, -0.2) is 15.3 Å². The first-order valence-corrected chi connectivity index (χ1v) is 9.12. The van der Waals surface area contributed by atoms with Crippen LogP contribution in [0, 0.1) is 13.8 Å². The molecule has 0 atom stereocenters. The van der Waals surface area contributed by atoms with Gasteiger partial charge in [-0.05, 0) is 61.4 Å². The van der Waals surface area contributed by atoms with E-state index in [2.05, 4.69) is 10.3 Å². The zero-order valence-electron chi connectivity index (χ0n) is 15.8. The normalized spacial score (nSPS) is 10.8. The van der Waals surface area contributed by atoms with Crippen LogP contribution in [-0.2, 0) is 6.61 Å². The number of nitrogens with zero attached hydrogens (tertiary/aromatic N) is 2. The lowest BCUT2D eigenvalue weighted by atomic mass is 10.1.